The number of aromatic nitrogens is 2. The van der Waals surface area contributed by atoms with Crippen molar-refractivity contribution in [3.8, 4) is 28.7 Å². The van der Waals surface area contributed by atoms with Crippen molar-refractivity contribution in [1.29, 1.82) is 0 Å². The number of ether oxygens (including phenoxy) is 7. The second-order valence-corrected chi connectivity index (χ2v) is 19.8. The third kappa shape index (κ3) is 11.8. The molecular formula is C58H62N4O10. The standard InChI is InChI=1S/C32H36N2O6.C26H26N2O4/c1-32(2)39-20-27(40-32)19-37-26-12-13-33-28(15-26)31(35)34-16-25(17-34)24-10-11-29(30(14-24)36-3)38-18-21-4-6-22(7-5-21)23-8-9-23;1-31-25-12-20(21-14-28(15-21)26(30)23-13-22(29)10-11-27-23)8-9-24(25)32-16-17-2-4-18(5-3-17)19-6-7-19/h4-7,10-15,23,25,27H,8-9,16-20H2,1-3H3;2-5,8-13,19,21H,6-7,14-16H2,1H3,(H,27,29)/t27-;/m0./s1. The van der Waals surface area contributed by atoms with Crippen LogP contribution in [0.1, 0.15) is 118 Å². The fraction of sp³-hybridized carbons (Fsp3) is 0.379. The molecule has 4 aromatic carbocycles. The van der Waals surface area contributed by atoms with Crippen molar-refractivity contribution in [2.45, 2.75) is 88.3 Å². The zero-order chi connectivity index (χ0) is 49.8. The predicted molar refractivity (Wildman–Crippen MR) is 270 cm³/mol. The van der Waals surface area contributed by atoms with Crippen molar-refractivity contribution in [2.75, 3.05) is 53.6 Å². The largest absolute Gasteiger partial charge is 0.493 e. The molecule has 0 radical (unpaired) electrons. The van der Waals surface area contributed by atoms with Crippen LogP contribution in [-0.4, -0.2) is 97.1 Å². The van der Waals surface area contributed by atoms with E-state index in [-0.39, 0.29) is 35.2 Å². The molecule has 3 saturated heterocycles. The Kier molecular flexibility index (Phi) is 14.3. The van der Waals surface area contributed by atoms with E-state index in [2.05, 4.69) is 64.6 Å². The van der Waals surface area contributed by atoms with Crippen LogP contribution in [0, 0.1) is 0 Å². The van der Waals surface area contributed by atoms with Crippen molar-refractivity contribution < 1.29 is 42.7 Å². The Morgan fingerprint density at radius 1 is 0.625 bits per heavy atom. The summed E-state index contributed by atoms with van der Waals surface area (Å²) in [5.74, 6) is 4.49. The Labute approximate surface area is 420 Å². The Balaban J connectivity index is 0.000000170. The number of aromatic amines is 1. The van der Waals surface area contributed by atoms with E-state index < -0.39 is 5.79 Å². The summed E-state index contributed by atoms with van der Waals surface area (Å²) in [6.07, 6.45) is 8.16. The second-order valence-electron chi connectivity index (χ2n) is 19.8. The lowest BCUT2D eigenvalue weighted by Gasteiger charge is -2.39. The Morgan fingerprint density at radius 2 is 1.15 bits per heavy atom. The number of benzene rings is 4. The number of hydrogen-bond donors (Lipinski definition) is 1. The maximum Gasteiger partial charge on any atom is 0.272 e. The van der Waals surface area contributed by atoms with E-state index in [0.29, 0.717) is 92.7 Å². The summed E-state index contributed by atoms with van der Waals surface area (Å²) >= 11 is 0. The molecule has 2 aliphatic carbocycles. The van der Waals surface area contributed by atoms with Crippen LogP contribution >= 0.6 is 0 Å². The van der Waals surface area contributed by atoms with Crippen molar-refractivity contribution in [3.63, 3.8) is 0 Å². The van der Waals surface area contributed by atoms with Gasteiger partial charge in [-0.25, -0.2) is 0 Å². The summed E-state index contributed by atoms with van der Waals surface area (Å²) in [6.45, 7) is 8.00. The van der Waals surface area contributed by atoms with E-state index >= 15 is 0 Å². The number of pyridine rings is 2. The van der Waals surface area contributed by atoms with Gasteiger partial charge in [-0.3, -0.25) is 19.4 Å². The number of likely N-dealkylation sites (tertiary alicyclic amines) is 2. The van der Waals surface area contributed by atoms with Gasteiger partial charge in [0.15, 0.2) is 34.2 Å². The molecule has 72 heavy (non-hydrogen) atoms. The lowest BCUT2D eigenvalue weighted by molar-refractivity contribution is -0.141. The van der Waals surface area contributed by atoms with Crippen molar-refractivity contribution >= 4 is 11.8 Å². The van der Waals surface area contributed by atoms with Gasteiger partial charge >= 0.3 is 0 Å². The van der Waals surface area contributed by atoms with E-state index in [1.807, 2.05) is 44.2 Å². The average Bonchev–Trinajstić information content (AvgIpc) is 4.33. The third-order valence-corrected chi connectivity index (χ3v) is 14.0. The summed E-state index contributed by atoms with van der Waals surface area (Å²) in [6, 6.07) is 35.5. The molecular weight excluding hydrogens is 913 g/mol. The van der Waals surface area contributed by atoms with Crippen LogP contribution in [0.2, 0.25) is 0 Å². The van der Waals surface area contributed by atoms with E-state index in [1.54, 1.807) is 42.3 Å². The van der Waals surface area contributed by atoms with Crippen molar-refractivity contribution in [2.24, 2.45) is 0 Å². The normalized spacial score (nSPS) is 18.2. The molecule has 11 rings (SSSR count). The van der Waals surface area contributed by atoms with Crippen LogP contribution in [0.5, 0.6) is 28.7 Å². The lowest BCUT2D eigenvalue weighted by atomic mass is 9.91. The smallest absolute Gasteiger partial charge is 0.272 e. The number of H-pyrrole nitrogens is 1. The SMILES string of the molecule is COc1cc(C2CN(C(=O)c3cc(=O)cc[nH]3)C2)ccc1OCc1ccc(C2CC2)cc1.COc1cc(C2CN(C(=O)c3cc(OC[C@H]4COC(C)(C)O4)ccn3)C2)ccc1OCc1ccc(C2CC2)cc1. The van der Waals surface area contributed by atoms with Crippen molar-refractivity contribution in [1.82, 2.24) is 19.8 Å². The van der Waals surface area contributed by atoms with E-state index in [1.165, 1.54) is 55.1 Å². The molecule has 14 nitrogen and oxygen atoms in total. The first-order valence-electron chi connectivity index (χ1n) is 24.9. The fourth-order valence-electron chi connectivity index (χ4n) is 9.31. The molecule has 5 fully saturated rings. The van der Waals surface area contributed by atoms with E-state index in [9.17, 15) is 14.4 Å². The van der Waals surface area contributed by atoms with Crippen LogP contribution in [-0.2, 0) is 22.7 Å². The highest BCUT2D eigenvalue weighted by Crippen LogP contribution is 2.42. The molecule has 5 heterocycles. The second kappa shape index (κ2) is 21.3. The Morgan fingerprint density at radius 3 is 1.64 bits per heavy atom. The van der Waals surface area contributed by atoms with Gasteiger partial charge in [-0.1, -0.05) is 60.7 Å². The van der Waals surface area contributed by atoms with Gasteiger partial charge in [0, 0.05) is 68.6 Å². The van der Waals surface area contributed by atoms with Crippen LogP contribution in [0.25, 0.3) is 0 Å². The molecule has 0 unspecified atom stereocenters. The first-order chi connectivity index (χ1) is 35.0. The fourth-order valence-corrected chi connectivity index (χ4v) is 9.31. The minimum atomic E-state index is -0.597. The van der Waals surface area contributed by atoms with Gasteiger partial charge < -0.3 is 47.9 Å². The maximum absolute atomic E-state index is 13.1. The molecule has 3 aliphatic heterocycles. The van der Waals surface area contributed by atoms with E-state index in [4.69, 9.17) is 33.2 Å². The first kappa shape index (κ1) is 48.5. The number of carbonyl (C=O) groups excluding carboxylic acids is 2. The molecule has 5 aliphatic rings. The highest BCUT2D eigenvalue weighted by molar-refractivity contribution is 5.93. The molecule has 374 valence electrons. The monoisotopic (exact) mass is 974 g/mol. The number of amides is 2. The number of hydrogen-bond acceptors (Lipinski definition) is 11. The number of nitrogens with zero attached hydrogens (tertiary/aromatic N) is 3. The van der Waals surface area contributed by atoms with Gasteiger partial charge in [0.1, 0.15) is 43.1 Å². The average molecular weight is 975 g/mol. The highest BCUT2D eigenvalue weighted by Gasteiger charge is 2.36. The highest BCUT2D eigenvalue weighted by atomic mass is 16.7. The van der Waals surface area contributed by atoms with Gasteiger partial charge in [0.05, 0.1) is 20.8 Å². The summed E-state index contributed by atoms with van der Waals surface area (Å²) in [7, 11) is 3.29. The summed E-state index contributed by atoms with van der Waals surface area (Å²) in [5, 5.41) is 0. The molecule has 0 bridgehead atoms. The molecule has 2 saturated carbocycles. The van der Waals surface area contributed by atoms with E-state index in [0.717, 1.165) is 34.1 Å². The summed E-state index contributed by atoms with van der Waals surface area (Å²) in [5.41, 5.74) is 7.84. The van der Waals surface area contributed by atoms with Crippen LogP contribution in [0.4, 0.5) is 0 Å². The van der Waals surface area contributed by atoms with Crippen LogP contribution in [0.3, 0.4) is 0 Å². The predicted octanol–water partition coefficient (Wildman–Crippen LogP) is 9.40. The first-order valence-corrected chi connectivity index (χ1v) is 24.9. The van der Waals surface area contributed by atoms with Crippen LogP contribution < -0.4 is 29.1 Å². The Hall–Kier alpha value is -7.16. The molecule has 2 amide bonds. The lowest BCUT2D eigenvalue weighted by Crippen LogP contribution is -2.48. The molecule has 1 atom stereocenters. The minimum absolute atomic E-state index is 0.108. The number of nitrogens with one attached hydrogen (secondary N) is 1. The minimum Gasteiger partial charge on any atom is -0.493 e. The zero-order valence-electron chi connectivity index (χ0n) is 41.3. The van der Waals surface area contributed by atoms with Gasteiger partial charge in [-0.05, 0) is 115 Å². The van der Waals surface area contributed by atoms with Crippen LogP contribution in [0.15, 0.2) is 126 Å². The molecule has 0 spiro atoms. The van der Waals surface area contributed by atoms with Crippen molar-refractivity contribution in [3.05, 3.63) is 177 Å². The quantitative estimate of drug-likeness (QED) is 0.0931. The van der Waals surface area contributed by atoms with Gasteiger partial charge in [-0.15, -0.1) is 0 Å². The summed E-state index contributed by atoms with van der Waals surface area (Å²) in [4.78, 5) is 47.8. The maximum atomic E-state index is 13.1. The van der Waals surface area contributed by atoms with Gasteiger partial charge in [-0.2, -0.15) is 0 Å². The molecule has 14 heteroatoms. The number of methoxy groups -OCH3 is 2. The molecule has 1 N–H and O–H groups in total. The Bertz CT molecular complexity index is 2920. The number of carbonyl (C=O) groups is 2. The van der Waals surface area contributed by atoms with Gasteiger partial charge in [0.2, 0.25) is 0 Å². The molecule has 2 aromatic heterocycles. The molecule has 6 aromatic rings. The summed E-state index contributed by atoms with van der Waals surface area (Å²) < 4.78 is 40.5. The number of rotatable bonds is 17. The zero-order valence-corrected chi connectivity index (χ0v) is 41.3. The topological polar surface area (TPSA) is 151 Å². The van der Waals surface area contributed by atoms with Gasteiger partial charge in [0.25, 0.3) is 11.8 Å². The third-order valence-electron chi connectivity index (χ3n) is 14.0.